The standard InChI is InChI=1S/C13H12N2O3S/c14-7-8-5-6-19-12(8)15-11(16)9-3-1-2-4-10(9)13(17)18/h1-2,5-6,9-10H,3-4H2,(H,15,16)(H,17,18)/p-1/t9-,10+/m0/s1. The molecule has 0 radical (unpaired) electrons. The first-order valence-electron chi connectivity index (χ1n) is 5.77. The topological polar surface area (TPSA) is 93.0 Å². The van der Waals surface area contributed by atoms with E-state index in [0.717, 1.165) is 0 Å². The largest absolute Gasteiger partial charge is 0.550 e. The van der Waals surface area contributed by atoms with Gasteiger partial charge in [-0.05, 0) is 24.3 Å². The molecule has 1 aliphatic rings. The lowest BCUT2D eigenvalue weighted by Crippen LogP contribution is -2.41. The van der Waals surface area contributed by atoms with Gasteiger partial charge >= 0.3 is 0 Å². The van der Waals surface area contributed by atoms with E-state index in [2.05, 4.69) is 5.32 Å². The molecule has 0 aliphatic heterocycles. The van der Waals surface area contributed by atoms with Gasteiger partial charge in [-0.3, -0.25) is 4.79 Å². The summed E-state index contributed by atoms with van der Waals surface area (Å²) in [4.78, 5) is 23.1. The van der Waals surface area contributed by atoms with E-state index in [4.69, 9.17) is 5.26 Å². The molecule has 1 N–H and O–H groups in total. The Balaban J connectivity index is 2.13. The third-order valence-electron chi connectivity index (χ3n) is 3.09. The summed E-state index contributed by atoms with van der Waals surface area (Å²) in [5, 5.41) is 24.7. The number of nitriles is 1. The zero-order chi connectivity index (χ0) is 13.8. The van der Waals surface area contributed by atoms with Gasteiger partial charge in [-0.25, -0.2) is 0 Å². The van der Waals surface area contributed by atoms with E-state index in [1.165, 1.54) is 11.3 Å². The van der Waals surface area contributed by atoms with Crippen molar-refractivity contribution in [1.29, 1.82) is 5.26 Å². The molecule has 0 fully saturated rings. The molecule has 6 heteroatoms. The zero-order valence-electron chi connectivity index (χ0n) is 9.96. The third-order valence-corrected chi connectivity index (χ3v) is 3.92. The highest BCUT2D eigenvalue weighted by Crippen LogP contribution is 2.28. The minimum Gasteiger partial charge on any atom is -0.550 e. The van der Waals surface area contributed by atoms with Crippen molar-refractivity contribution in [2.45, 2.75) is 12.8 Å². The molecule has 1 aromatic heterocycles. The van der Waals surface area contributed by atoms with Crippen LogP contribution < -0.4 is 10.4 Å². The number of hydrogen-bond donors (Lipinski definition) is 1. The molecule has 1 heterocycles. The molecule has 2 atom stereocenters. The Bertz CT molecular complexity index is 571. The van der Waals surface area contributed by atoms with E-state index >= 15 is 0 Å². The predicted molar refractivity (Wildman–Crippen MR) is 68.0 cm³/mol. The summed E-state index contributed by atoms with van der Waals surface area (Å²) in [5.41, 5.74) is 0.384. The van der Waals surface area contributed by atoms with Crippen molar-refractivity contribution in [2.24, 2.45) is 11.8 Å². The smallest absolute Gasteiger partial charge is 0.229 e. The Morgan fingerprint density at radius 3 is 2.68 bits per heavy atom. The van der Waals surface area contributed by atoms with Gasteiger partial charge < -0.3 is 15.2 Å². The van der Waals surface area contributed by atoms with Gasteiger partial charge in [-0.15, -0.1) is 11.3 Å². The second kappa shape index (κ2) is 5.67. The Morgan fingerprint density at radius 2 is 2.05 bits per heavy atom. The summed E-state index contributed by atoms with van der Waals surface area (Å²) in [6.45, 7) is 0. The lowest BCUT2D eigenvalue weighted by atomic mass is 9.82. The zero-order valence-corrected chi connectivity index (χ0v) is 10.8. The average Bonchev–Trinajstić information content (AvgIpc) is 2.85. The number of hydrogen-bond acceptors (Lipinski definition) is 5. The van der Waals surface area contributed by atoms with Crippen LogP contribution >= 0.6 is 11.3 Å². The lowest BCUT2D eigenvalue weighted by Gasteiger charge is -2.28. The second-order valence-corrected chi connectivity index (χ2v) is 5.16. The number of nitrogens with zero attached hydrogens (tertiary/aromatic N) is 1. The van der Waals surface area contributed by atoms with Crippen molar-refractivity contribution >= 4 is 28.2 Å². The highest BCUT2D eigenvalue weighted by molar-refractivity contribution is 7.14. The van der Waals surface area contributed by atoms with Gasteiger partial charge in [0.25, 0.3) is 0 Å². The van der Waals surface area contributed by atoms with E-state index in [1.54, 1.807) is 23.6 Å². The molecule has 0 spiro atoms. The quantitative estimate of drug-likeness (QED) is 0.829. The van der Waals surface area contributed by atoms with Gasteiger partial charge in [-0.2, -0.15) is 5.26 Å². The molecule has 0 bridgehead atoms. The van der Waals surface area contributed by atoms with E-state index in [9.17, 15) is 14.7 Å². The molecule has 0 aromatic carbocycles. The predicted octanol–water partition coefficient (Wildman–Crippen LogP) is 0.891. The fraction of sp³-hybridized carbons (Fsp3) is 0.308. The summed E-state index contributed by atoms with van der Waals surface area (Å²) >= 11 is 1.24. The SMILES string of the molecule is N#Cc1ccsc1NC(=O)[C@H]1CC=CC[C@H]1C(=O)[O-]. The van der Waals surface area contributed by atoms with Crippen molar-refractivity contribution in [1.82, 2.24) is 0 Å². The third kappa shape index (κ3) is 2.83. The number of allylic oxidation sites excluding steroid dienone is 2. The molecule has 5 nitrogen and oxygen atoms in total. The number of aliphatic carboxylic acids is 1. The Hall–Kier alpha value is -2.13. The van der Waals surface area contributed by atoms with E-state index < -0.39 is 17.8 Å². The Kier molecular flexibility index (Phi) is 3.97. The van der Waals surface area contributed by atoms with Crippen LogP contribution in [0.3, 0.4) is 0 Å². The minimum absolute atomic E-state index is 0.302. The van der Waals surface area contributed by atoms with Crippen molar-refractivity contribution < 1.29 is 14.7 Å². The first-order valence-corrected chi connectivity index (χ1v) is 6.65. The Morgan fingerprint density at radius 1 is 1.37 bits per heavy atom. The number of carboxylic acids is 1. The van der Waals surface area contributed by atoms with Gasteiger partial charge in [0.15, 0.2) is 0 Å². The molecule has 19 heavy (non-hydrogen) atoms. The van der Waals surface area contributed by atoms with Crippen LogP contribution in [0, 0.1) is 23.2 Å². The summed E-state index contributed by atoms with van der Waals surface area (Å²) in [6, 6.07) is 3.58. The summed E-state index contributed by atoms with van der Waals surface area (Å²) in [5.74, 6) is -3.05. The van der Waals surface area contributed by atoms with E-state index in [1.807, 2.05) is 6.07 Å². The molecular weight excluding hydrogens is 264 g/mol. The second-order valence-electron chi connectivity index (χ2n) is 4.24. The van der Waals surface area contributed by atoms with Crippen molar-refractivity contribution in [3.8, 4) is 6.07 Å². The van der Waals surface area contributed by atoms with Crippen molar-refractivity contribution in [2.75, 3.05) is 5.32 Å². The number of carboxylic acid groups (broad SMARTS) is 1. The minimum atomic E-state index is -1.21. The van der Waals surface area contributed by atoms with Gasteiger partial charge in [0.2, 0.25) is 5.91 Å². The number of carbonyl (C=O) groups is 2. The number of thiophene rings is 1. The number of carbonyl (C=O) groups excluding carboxylic acids is 2. The van der Waals surface area contributed by atoms with Crippen molar-refractivity contribution in [3.05, 3.63) is 29.2 Å². The number of anilines is 1. The van der Waals surface area contributed by atoms with E-state index in [0.29, 0.717) is 23.4 Å². The van der Waals surface area contributed by atoms with Crippen LogP contribution in [-0.4, -0.2) is 11.9 Å². The highest BCUT2D eigenvalue weighted by atomic mass is 32.1. The average molecular weight is 275 g/mol. The number of rotatable bonds is 3. The summed E-state index contributed by atoms with van der Waals surface area (Å²) < 4.78 is 0. The van der Waals surface area contributed by atoms with Crippen molar-refractivity contribution in [3.63, 3.8) is 0 Å². The molecule has 98 valence electrons. The van der Waals surface area contributed by atoms with Gasteiger partial charge in [-0.1, -0.05) is 12.2 Å². The van der Waals surface area contributed by atoms with Crippen LogP contribution in [0.4, 0.5) is 5.00 Å². The van der Waals surface area contributed by atoms with Gasteiger partial charge in [0, 0.05) is 11.9 Å². The maximum Gasteiger partial charge on any atom is 0.229 e. The molecule has 1 amide bonds. The maximum absolute atomic E-state index is 12.1. The normalized spacial score (nSPS) is 21.6. The number of amides is 1. The fourth-order valence-electron chi connectivity index (χ4n) is 2.06. The monoisotopic (exact) mass is 275 g/mol. The number of nitrogens with one attached hydrogen (secondary N) is 1. The van der Waals surface area contributed by atoms with Gasteiger partial charge in [0.1, 0.15) is 11.1 Å². The van der Waals surface area contributed by atoms with Gasteiger partial charge in [0.05, 0.1) is 11.5 Å². The van der Waals surface area contributed by atoms with Crippen LogP contribution in [0.5, 0.6) is 0 Å². The van der Waals surface area contributed by atoms with Crippen LogP contribution in [0.1, 0.15) is 18.4 Å². The lowest BCUT2D eigenvalue weighted by molar-refractivity contribution is -0.313. The fourth-order valence-corrected chi connectivity index (χ4v) is 2.80. The Labute approximate surface area is 114 Å². The molecule has 1 aromatic rings. The molecular formula is C13H11N2O3S-. The first-order chi connectivity index (χ1) is 9.13. The molecule has 0 unspecified atom stereocenters. The van der Waals surface area contributed by atoms with Crippen LogP contribution in [0.15, 0.2) is 23.6 Å². The molecule has 0 saturated heterocycles. The van der Waals surface area contributed by atoms with Crippen LogP contribution in [0.2, 0.25) is 0 Å². The molecule has 1 aliphatic carbocycles. The molecule has 2 rings (SSSR count). The first kappa shape index (κ1) is 13.3. The summed E-state index contributed by atoms with van der Waals surface area (Å²) in [6.07, 6.45) is 4.22. The van der Waals surface area contributed by atoms with Crippen LogP contribution in [-0.2, 0) is 9.59 Å². The van der Waals surface area contributed by atoms with Crippen LogP contribution in [0.25, 0.3) is 0 Å². The highest BCUT2D eigenvalue weighted by Gasteiger charge is 2.30. The molecule has 0 saturated carbocycles. The summed E-state index contributed by atoms with van der Waals surface area (Å²) in [7, 11) is 0. The maximum atomic E-state index is 12.1. The van der Waals surface area contributed by atoms with E-state index in [-0.39, 0.29) is 5.91 Å².